The molecule has 0 bridgehead atoms. The van der Waals surface area contributed by atoms with Crippen LogP contribution in [-0.4, -0.2) is 5.24 Å². The van der Waals surface area contributed by atoms with E-state index in [4.69, 9.17) is 11.6 Å². The van der Waals surface area contributed by atoms with E-state index in [2.05, 4.69) is 19.9 Å². The van der Waals surface area contributed by atoms with E-state index >= 15 is 0 Å². The first-order chi connectivity index (χ1) is 5.63. The Bertz CT molecular complexity index is 150. The Kier molecular flexibility index (Phi) is 7.17. The van der Waals surface area contributed by atoms with Crippen LogP contribution in [0.2, 0.25) is 0 Å². The zero-order valence-electron chi connectivity index (χ0n) is 7.85. The average molecular weight is 189 g/mol. The minimum absolute atomic E-state index is 0.247. The molecule has 0 aromatic carbocycles. The van der Waals surface area contributed by atoms with Gasteiger partial charge >= 0.3 is 0 Å². The Morgan fingerprint density at radius 1 is 1.33 bits per heavy atom. The van der Waals surface area contributed by atoms with Gasteiger partial charge < -0.3 is 0 Å². The molecule has 0 N–H and O–H groups in total. The first-order valence-electron chi connectivity index (χ1n) is 4.46. The Morgan fingerprint density at radius 2 is 1.92 bits per heavy atom. The van der Waals surface area contributed by atoms with Crippen LogP contribution >= 0.6 is 11.6 Å². The lowest BCUT2D eigenvalue weighted by molar-refractivity contribution is -0.111. The van der Waals surface area contributed by atoms with Gasteiger partial charge in [0.1, 0.15) is 0 Å². The molecule has 0 rings (SSSR count). The van der Waals surface area contributed by atoms with E-state index in [0.717, 1.165) is 18.8 Å². The normalized spacial score (nSPS) is 11.3. The van der Waals surface area contributed by atoms with Gasteiger partial charge in [0.05, 0.1) is 0 Å². The lowest BCUT2D eigenvalue weighted by Crippen LogP contribution is -1.84. The monoisotopic (exact) mass is 188 g/mol. The topological polar surface area (TPSA) is 17.1 Å². The molecule has 0 radical (unpaired) electrons. The highest BCUT2D eigenvalue weighted by Gasteiger charge is 1.92. The zero-order chi connectivity index (χ0) is 9.40. The number of carbonyl (C=O) groups excluding carboxylic acids is 1. The zero-order valence-corrected chi connectivity index (χ0v) is 8.60. The van der Waals surface area contributed by atoms with Gasteiger partial charge in [-0.1, -0.05) is 26.0 Å². The third-order valence-corrected chi connectivity index (χ3v) is 1.77. The van der Waals surface area contributed by atoms with Gasteiger partial charge in [0, 0.05) is 6.42 Å². The molecule has 2 heteroatoms. The largest absolute Gasteiger partial charge is 0.281 e. The summed E-state index contributed by atoms with van der Waals surface area (Å²) in [5.74, 6) is 0.754. The highest BCUT2D eigenvalue weighted by molar-refractivity contribution is 6.63. The van der Waals surface area contributed by atoms with Crippen molar-refractivity contribution in [3.63, 3.8) is 0 Å². The fraction of sp³-hybridized carbons (Fsp3) is 0.700. The summed E-state index contributed by atoms with van der Waals surface area (Å²) in [6, 6.07) is 0. The second-order valence-corrected chi connectivity index (χ2v) is 3.76. The third kappa shape index (κ3) is 9.70. The summed E-state index contributed by atoms with van der Waals surface area (Å²) in [6.07, 6.45) is 7.71. The van der Waals surface area contributed by atoms with Crippen LogP contribution in [0.3, 0.4) is 0 Å². The minimum atomic E-state index is -0.247. The van der Waals surface area contributed by atoms with Crippen molar-refractivity contribution in [2.24, 2.45) is 5.92 Å². The number of carbonyl (C=O) groups is 1. The van der Waals surface area contributed by atoms with E-state index in [-0.39, 0.29) is 5.24 Å². The third-order valence-electron chi connectivity index (χ3n) is 1.58. The van der Waals surface area contributed by atoms with Gasteiger partial charge in [-0.2, -0.15) is 0 Å². The van der Waals surface area contributed by atoms with Crippen molar-refractivity contribution >= 4 is 16.8 Å². The first-order valence-corrected chi connectivity index (χ1v) is 4.84. The Labute approximate surface area is 79.8 Å². The van der Waals surface area contributed by atoms with Gasteiger partial charge in [-0.05, 0) is 36.8 Å². The lowest BCUT2D eigenvalue weighted by atomic mass is 10.1. The molecule has 0 heterocycles. The second-order valence-electron chi connectivity index (χ2n) is 3.34. The molecule has 0 aliphatic rings. The standard InChI is InChI=1S/C10H17ClO/c1-9(2)7-5-3-4-6-8-10(11)12/h3-4,9H,5-8H2,1-2H3. The Balaban J connectivity index is 3.20. The first kappa shape index (κ1) is 11.7. The summed E-state index contributed by atoms with van der Waals surface area (Å²) in [4.78, 5) is 10.3. The smallest absolute Gasteiger partial charge is 0.221 e. The van der Waals surface area contributed by atoms with Crippen LogP contribution in [0, 0.1) is 5.92 Å². The number of hydrogen-bond acceptors (Lipinski definition) is 1. The highest BCUT2D eigenvalue weighted by atomic mass is 35.5. The van der Waals surface area contributed by atoms with Gasteiger partial charge in [-0.25, -0.2) is 0 Å². The van der Waals surface area contributed by atoms with Crippen LogP contribution in [0.1, 0.15) is 39.5 Å². The van der Waals surface area contributed by atoms with E-state index in [9.17, 15) is 4.79 Å². The molecule has 0 amide bonds. The van der Waals surface area contributed by atoms with Crippen molar-refractivity contribution in [3.8, 4) is 0 Å². The molecule has 1 nitrogen and oxygen atoms in total. The Morgan fingerprint density at radius 3 is 2.42 bits per heavy atom. The van der Waals surface area contributed by atoms with Crippen molar-refractivity contribution in [2.45, 2.75) is 39.5 Å². The van der Waals surface area contributed by atoms with Crippen LogP contribution in [0.5, 0.6) is 0 Å². The van der Waals surface area contributed by atoms with Crippen molar-refractivity contribution in [2.75, 3.05) is 0 Å². The molecule has 70 valence electrons. The van der Waals surface area contributed by atoms with E-state index in [1.54, 1.807) is 0 Å². The predicted octanol–water partition coefficient (Wildman–Crippen LogP) is 3.52. The molecule has 0 aromatic rings. The number of allylic oxidation sites excluding steroid dienone is 2. The summed E-state index contributed by atoms with van der Waals surface area (Å²) in [5, 5.41) is -0.247. The molecule has 0 fully saturated rings. The predicted molar refractivity (Wildman–Crippen MR) is 53.3 cm³/mol. The average Bonchev–Trinajstić information content (AvgIpc) is 1.95. The highest BCUT2D eigenvalue weighted by Crippen LogP contribution is 2.04. The van der Waals surface area contributed by atoms with E-state index in [1.165, 1.54) is 6.42 Å². The molecule has 0 unspecified atom stereocenters. The summed E-state index contributed by atoms with van der Waals surface area (Å²) in [6.45, 7) is 4.41. The van der Waals surface area contributed by atoms with E-state index in [0.29, 0.717) is 6.42 Å². The van der Waals surface area contributed by atoms with Crippen molar-refractivity contribution < 1.29 is 4.79 Å². The molecule has 0 aliphatic carbocycles. The summed E-state index contributed by atoms with van der Waals surface area (Å²) in [7, 11) is 0. The van der Waals surface area contributed by atoms with Crippen molar-refractivity contribution in [3.05, 3.63) is 12.2 Å². The number of hydrogen-bond donors (Lipinski definition) is 0. The molecule has 12 heavy (non-hydrogen) atoms. The van der Waals surface area contributed by atoms with Crippen LogP contribution < -0.4 is 0 Å². The molecule has 0 saturated heterocycles. The Hall–Kier alpha value is -0.300. The van der Waals surface area contributed by atoms with Gasteiger partial charge in [0.25, 0.3) is 0 Å². The van der Waals surface area contributed by atoms with Crippen LogP contribution in [0.15, 0.2) is 12.2 Å². The number of halogens is 1. The lowest BCUT2D eigenvalue weighted by Gasteiger charge is -1.98. The maximum atomic E-state index is 10.3. The summed E-state index contributed by atoms with van der Waals surface area (Å²) >= 11 is 5.17. The molecule has 0 aromatic heterocycles. The van der Waals surface area contributed by atoms with Crippen LogP contribution in [0.4, 0.5) is 0 Å². The molecule has 0 spiro atoms. The van der Waals surface area contributed by atoms with E-state index in [1.807, 2.05) is 6.08 Å². The quantitative estimate of drug-likeness (QED) is 0.461. The van der Waals surface area contributed by atoms with Gasteiger partial charge in [-0.15, -0.1) is 0 Å². The van der Waals surface area contributed by atoms with Crippen LogP contribution in [0.25, 0.3) is 0 Å². The van der Waals surface area contributed by atoms with E-state index < -0.39 is 0 Å². The molecule has 0 saturated carbocycles. The van der Waals surface area contributed by atoms with Gasteiger partial charge in [0.2, 0.25) is 5.24 Å². The fourth-order valence-corrected chi connectivity index (χ4v) is 0.971. The molecule has 0 aliphatic heterocycles. The van der Waals surface area contributed by atoms with Gasteiger partial charge in [0.15, 0.2) is 0 Å². The molecule has 0 atom stereocenters. The van der Waals surface area contributed by atoms with Gasteiger partial charge in [-0.3, -0.25) is 4.79 Å². The SMILES string of the molecule is CC(C)CCC=CCCC(=O)Cl. The second kappa shape index (κ2) is 7.35. The minimum Gasteiger partial charge on any atom is -0.281 e. The maximum absolute atomic E-state index is 10.3. The van der Waals surface area contributed by atoms with Crippen molar-refractivity contribution in [1.29, 1.82) is 0 Å². The number of rotatable bonds is 6. The molecular formula is C10H17ClO. The fourth-order valence-electron chi connectivity index (χ4n) is 0.862. The van der Waals surface area contributed by atoms with Crippen LogP contribution in [-0.2, 0) is 4.79 Å². The maximum Gasteiger partial charge on any atom is 0.221 e. The summed E-state index contributed by atoms with van der Waals surface area (Å²) in [5.41, 5.74) is 0. The van der Waals surface area contributed by atoms with Crippen molar-refractivity contribution in [1.82, 2.24) is 0 Å². The molecular weight excluding hydrogens is 172 g/mol. The summed E-state index contributed by atoms with van der Waals surface area (Å²) < 4.78 is 0.